The Hall–Kier alpha value is -3.55. The van der Waals surface area contributed by atoms with Crippen LogP contribution in [0.25, 0.3) is 0 Å². The van der Waals surface area contributed by atoms with Gasteiger partial charge in [-0.1, -0.05) is 36.4 Å². The van der Waals surface area contributed by atoms with E-state index in [0.29, 0.717) is 25.0 Å². The predicted octanol–water partition coefficient (Wildman–Crippen LogP) is 3.64. The van der Waals surface area contributed by atoms with Crippen molar-refractivity contribution in [3.8, 4) is 0 Å². The number of amides is 3. The lowest BCUT2D eigenvalue weighted by Gasteiger charge is -2.57. The zero-order chi connectivity index (χ0) is 28.5. The minimum absolute atomic E-state index is 0.0548. The Kier molecular flexibility index (Phi) is 7.66. The summed E-state index contributed by atoms with van der Waals surface area (Å²) in [6.07, 6.45) is 11.5. The van der Waals surface area contributed by atoms with Gasteiger partial charge in [-0.25, -0.2) is 0 Å². The van der Waals surface area contributed by atoms with Crippen molar-refractivity contribution in [2.45, 2.75) is 88.8 Å². The van der Waals surface area contributed by atoms with Crippen molar-refractivity contribution in [3.63, 3.8) is 0 Å². The van der Waals surface area contributed by atoms with E-state index in [1.807, 2.05) is 36.4 Å². The smallest absolute Gasteiger partial charge is 0.289 e. The zero-order valence-corrected chi connectivity index (χ0v) is 23.6. The molecule has 7 rings (SSSR count). The largest absolute Gasteiger partial charge is 0.344 e. The van der Waals surface area contributed by atoms with Crippen LogP contribution >= 0.6 is 0 Å². The summed E-state index contributed by atoms with van der Waals surface area (Å²) in [5, 5.41) is 8.63. The highest BCUT2D eigenvalue weighted by molar-refractivity contribution is 6.38. The number of hydrogen-bond donors (Lipinski definition) is 3. The van der Waals surface area contributed by atoms with E-state index in [1.165, 1.54) is 19.3 Å². The summed E-state index contributed by atoms with van der Waals surface area (Å²) in [5.41, 5.74) is 0.515. The maximum atomic E-state index is 13.7. The first-order chi connectivity index (χ1) is 19.8. The van der Waals surface area contributed by atoms with E-state index >= 15 is 0 Å². The molecule has 5 aliphatic carbocycles. The van der Waals surface area contributed by atoms with E-state index in [4.69, 9.17) is 0 Å². The van der Waals surface area contributed by atoms with Gasteiger partial charge in [-0.05, 0) is 98.7 Å². The van der Waals surface area contributed by atoms with Gasteiger partial charge in [0.25, 0.3) is 5.91 Å². The van der Waals surface area contributed by atoms with E-state index in [0.717, 1.165) is 49.0 Å². The molecule has 0 spiro atoms. The minimum Gasteiger partial charge on any atom is -0.344 e. The maximum absolute atomic E-state index is 13.7. The number of hydrogen-bond acceptors (Lipinski definition) is 5. The van der Waals surface area contributed by atoms with Crippen molar-refractivity contribution < 1.29 is 19.2 Å². The Labute approximate surface area is 241 Å². The molecule has 0 aliphatic heterocycles. The van der Waals surface area contributed by atoms with Gasteiger partial charge in [0.15, 0.2) is 0 Å². The molecule has 41 heavy (non-hydrogen) atoms. The van der Waals surface area contributed by atoms with E-state index < -0.39 is 23.3 Å². The highest BCUT2D eigenvalue weighted by Crippen LogP contribution is 2.61. The molecule has 8 nitrogen and oxygen atoms in total. The quantitative estimate of drug-likeness (QED) is 0.366. The third-order valence-electron chi connectivity index (χ3n) is 10.0. The number of carbonyl (C=O) groups excluding carboxylic acids is 4. The normalized spacial score (nSPS) is 27.8. The summed E-state index contributed by atoms with van der Waals surface area (Å²) in [4.78, 5) is 57.6. The van der Waals surface area contributed by atoms with E-state index in [9.17, 15) is 19.2 Å². The van der Waals surface area contributed by atoms with Gasteiger partial charge in [0.1, 0.15) is 11.6 Å². The van der Waals surface area contributed by atoms with Gasteiger partial charge >= 0.3 is 0 Å². The first kappa shape index (κ1) is 27.6. The van der Waals surface area contributed by atoms with Crippen LogP contribution in [0, 0.1) is 23.2 Å². The summed E-state index contributed by atoms with van der Waals surface area (Å²) in [5.74, 6) is 0.337. The molecule has 0 unspecified atom stereocenters. The average Bonchev–Trinajstić information content (AvgIpc) is 2.93. The van der Waals surface area contributed by atoms with Crippen LogP contribution in [0.5, 0.6) is 0 Å². The molecule has 216 valence electrons. The first-order valence-electron chi connectivity index (χ1n) is 15.2. The molecule has 3 amide bonds. The summed E-state index contributed by atoms with van der Waals surface area (Å²) in [6.45, 7) is 0.113. The fourth-order valence-corrected chi connectivity index (χ4v) is 8.37. The van der Waals surface area contributed by atoms with Crippen molar-refractivity contribution in [2.24, 2.45) is 23.2 Å². The summed E-state index contributed by atoms with van der Waals surface area (Å²) < 4.78 is 0. The second-order valence-electron chi connectivity index (χ2n) is 13.2. The Morgan fingerprint density at radius 3 is 2.12 bits per heavy atom. The molecule has 5 aliphatic rings. The first-order valence-corrected chi connectivity index (χ1v) is 15.2. The van der Waals surface area contributed by atoms with Gasteiger partial charge in [0.2, 0.25) is 17.6 Å². The molecule has 1 aromatic heterocycles. The van der Waals surface area contributed by atoms with Crippen molar-refractivity contribution in [2.75, 3.05) is 0 Å². The van der Waals surface area contributed by atoms with E-state index in [1.54, 1.807) is 18.3 Å². The number of aromatic nitrogens is 1. The molecular weight excluding hydrogens is 516 g/mol. The second kappa shape index (κ2) is 11.4. The van der Waals surface area contributed by atoms with Crippen LogP contribution < -0.4 is 16.0 Å². The van der Waals surface area contributed by atoms with Crippen LogP contribution in [0.3, 0.4) is 0 Å². The number of benzene rings is 1. The second-order valence-corrected chi connectivity index (χ2v) is 13.2. The Morgan fingerprint density at radius 2 is 1.54 bits per heavy atom. The Balaban J connectivity index is 1.12. The summed E-state index contributed by atoms with van der Waals surface area (Å²) >= 11 is 0. The Bertz CT molecular complexity index is 1260. The minimum atomic E-state index is -1.05. The lowest BCUT2D eigenvalue weighted by Crippen LogP contribution is -2.65. The molecule has 4 bridgehead atoms. The summed E-state index contributed by atoms with van der Waals surface area (Å²) in [6, 6.07) is 13.6. The number of rotatable bonds is 11. The lowest BCUT2D eigenvalue weighted by atomic mass is 9.49. The molecule has 1 atom stereocenters. The molecule has 0 saturated heterocycles. The van der Waals surface area contributed by atoms with Gasteiger partial charge in [-0.2, -0.15) is 0 Å². The highest BCUT2D eigenvalue weighted by atomic mass is 16.2. The predicted molar refractivity (Wildman–Crippen MR) is 153 cm³/mol. The average molecular weight is 557 g/mol. The van der Waals surface area contributed by atoms with Crippen molar-refractivity contribution in [3.05, 3.63) is 66.0 Å². The van der Waals surface area contributed by atoms with Gasteiger partial charge in [0, 0.05) is 19.0 Å². The van der Waals surface area contributed by atoms with Crippen LogP contribution in [-0.4, -0.2) is 40.1 Å². The molecule has 5 fully saturated rings. The molecule has 5 saturated carbocycles. The molecule has 1 aromatic carbocycles. The number of carbonyl (C=O) groups is 4. The number of ketones is 1. The molecule has 0 radical (unpaired) electrons. The number of pyridine rings is 1. The lowest BCUT2D eigenvalue weighted by molar-refractivity contribution is -0.144. The topological polar surface area (TPSA) is 117 Å². The third kappa shape index (κ3) is 6.07. The SMILES string of the molecule is O=C(CC12CC3CC(CC(C3)C1)C2)NC1(C(=O)N[C@H](Cc2ccccc2)C(=O)C(=O)NCc2ccccn2)CCC1. The standard InChI is InChI=1S/C33H40N4O4/c38-28(20-32-17-23-13-24(18-32)15-25(14-23)19-32)37-33(10-6-11-33)31(41)36-27(16-22-7-2-1-3-8-22)29(39)30(40)35-21-26-9-4-5-12-34-26/h1-5,7-9,12,23-25,27H,6,10-11,13-21H2,(H,35,40)(H,36,41)(H,37,38)/t23?,24?,25?,27-,32?/m1/s1. The number of nitrogens with zero attached hydrogens (tertiary/aromatic N) is 1. The van der Waals surface area contributed by atoms with Crippen LogP contribution in [0.2, 0.25) is 0 Å². The van der Waals surface area contributed by atoms with Crippen molar-refractivity contribution in [1.82, 2.24) is 20.9 Å². The van der Waals surface area contributed by atoms with Crippen molar-refractivity contribution in [1.29, 1.82) is 0 Å². The molecule has 8 heteroatoms. The van der Waals surface area contributed by atoms with E-state index in [-0.39, 0.29) is 30.2 Å². The maximum Gasteiger partial charge on any atom is 0.289 e. The third-order valence-corrected chi connectivity index (χ3v) is 10.0. The van der Waals surface area contributed by atoms with E-state index in [2.05, 4.69) is 20.9 Å². The fraction of sp³-hybridized carbons (Fsp3) is 0.545. The van der Waals surface area contributed by atoms with Crippen molar-refractivity contribution >= 4 is 23.5 Å². The fourth-order valence-electron chi connectivity index (χ4n) is 8.37. The van der Waals surface area contributed by atoms with Crippen LogP contribution in [-0.2, 0) is 32.1 Å². The van der Waals surface area contributed by atoms with Gasteiger partial charge in [-0.15, -0.1) is 0 Å². The zero-order valence-electron chi connectivity index (χ0n) is 23.6. The molecule has 3 N–H and O–H groups in total. The van der Waals surface area contributed by atoms with Gasteiger partial charge in [0.05, 0.1) is 12.2 Å². The molecule has 1 heterocycles. The number of nitrogens with one attached hydrogen (secondary N) is 3. The molecular formula is C33H40N4O4. The molecule has 2 aromatic rings. The summed E-state index contributed by atoms with van der Waals surface area (Å²) in [7, 11) is 0. The van der Waals surface area contributed by atoms with Gasteiger partial charge in [-0.3, -0.25) is 24.2 Å². The monoisotopic (exact) mass is 556 g/mol. The van der Waals surface area contributed by atoms with Gasteiger partial charge < -0.3 is 16.0 Å². The Morgan fingerprint density at radius 1 is 0.878 bits per heavy atom. The number of Topliss-reactive ketones (excluding diaryl/α,β-unsaturated/α-hetero) is 1. The van der Waals surface area contributed by atoms with Crippen LogP contribution in [0.15, 0.2) is 54.7 Å². The highest BCUT2D eigenvalue weighted by Gasteiger charge is 2.53. The van der Waals surface area contributed by atoms with Crippen LogP contribution in [0.1, 0.15) is 75.5 Å². The van der Waals surface area contributed by atoms with Crippen LogP contribution in [0.4, 0.5) is 0 Å².